The molecule has 1 aliphatic carbocycles. The van der Waals surface area contributed by atoms with Gasteiger partial charge < -0.3 is 0 Å². The minimum Gasteiger partial charge on any atom is -0.207 e. The first-order chi connectivity index (χ1) is 10.9. The maximum Gasteiger partial charge on any atom is 0.131 e. The van der Waals surface area contributed by atoms with Crippen molar-refractivity contribution in [1.29, 1.82) is 0 Å². The predicted octanol–water partition coefficient (Wildman–Crippen LogP) is 6.49. The van der Waals surface area contributed by atoms with Gasteiger partial charge >= 0.3 is 0 Å². The lowest BCUT2D eigenvalue weighted by Gasteiger charge is -2.30. The van der Waals surface area contributed by atoms with Crippen LogP contribution in [0.4, 0.5) is 8.78 Å². The van der Waals surface area contributed by atoms with Crippen molar-refractivity contribution in [3.63, 3.8) is 0 Å². The van der Waals surface area contributed by atoms with Crippen molar-refractivity contribution < 1.29 is 8.78 Å². The van der Waals surface area contributed by atoms with Crippen LogP contribution >= 0.6 is 0 Å². The van der Waals surface area contributed by atoms with Gasteiger partial charge in [0, 0.05) is 5.56 Å². The minimum absolute atomic E-state index is 0.199. The molecule has 1 aliphatic rings. The van der Waals surface area contributed by atoms with Crippen molar-refractivity contribution in [3.8, 4) is 11.1 Å². The number of aryl methyl sites for hydroxylation is 1. The first kappa shape index (κ1) is 16.2. The molecule has 1 fully saturated rings. The highest BCUT2D eigenvalue weighted by Gasteiger charge is 2.37. The number of halogens is 2. The van der Waals surface area contributed by atoms with Crippen molar-refractivity contribution in [1.82, 2.24) is 0 Å². The Morgan fingerprint density at radius 3 is 2.48 bits per heavy atom. The van der Waals surface area contributed by atoms with Gasteiger partial charge in [-0.05, 0) is 65.5 Å². The summed E-state index contributed by atoms with van der Waals surface area (Å²) in [6.45, 7) is 6.70. The van der Waals surface area contributed by atoms with Crippen molar-refractivity contribution in [3.05, 3.63) is 59.2 Å². The summed E-state index contributed by atoms with van der Waals surface area (Å²) in [5, 5.41) is 0. The van der Waals surface area contributed by atoms with Crippen molar-refractivity contribution in [2.75, 3.05) is 0 Å². The third-order valence-electron chi connectivity index (χ3n) is 5.38. The van der Waals surface area contributed by atoms with Gasteiger partial charge in [0.2, 0.25) is 0 Å². The fourth-order valence-corrected chi connectivity index (χ4v) is 3.97. The van der Waals surface area contributed by atoms with Crippen molar-refractivity contribution in [2.45, 2.75) is 52.4 Å². The molecule has 122 valence electrons. The molecule has 0 amide bonds. The lowest BCUT2D eigenvalue weighted by Crippen LogP contribution is -2.16. The van der Waals surface area contributed by atoms with E-state index >= 15 is 0 Å². The summed E-state index contributed by atoms with van der Waals surface area (Å²) in [7, 11) is 0. The zero-order valence-electron chi connectivity index (χ0n) is 14.1. The monoisotopic (exact) mass is 314 g/mol. The number of rotatable bonds is 3. The summed E-state index contributed by atoms with van der Waals surface area (Å²) in [6.07, 6.45) is 4.44. The third kappa shape index (κ3) is 3.04. The average Bonchev–Trinajstić information content (AvgIpc) is 2.88. The number of hydrogen-bond donors (Lipinski definition) is 0. The average molecular weight is 314 g/mol. The van der Waals surface area contributed by atoms with E-state index in [1.807, 2.05) is 12.1 Å². The highest BCUT2D eigenvalue weighted by Crippen LogP contribution is 2.51. The molecule has 2 heteroatoms. The largest absolute Gasteiger partial charge is 0.207 e. The summed E-state index contributed by atoms with van der Waals surface area (Å²) in [6, 6.07) is 9.94. The Morgan fingerprint density at radius 2 is 1.83 bits per heavy atom. The molecule has 3 rings (SSSR count). The van der Waals surface area contributed by atoms with Gasteiger partial charge in [-0.25, -0.2) is 8.78 Å². The standard InChI is InChI=1S/C21H24F2/c1-4-14-7-9-16(18-13-15(22)8-10-20(18)23)17(12-14)19-6-5-11-21(19,2)3/h7-10,12-13,19H,4-6,11H2,1-3H3/t19-/m0/s1. The normalized spacial score (nSPS) is 20.0. The zero-order valence-corrected chi connectivity index (χ0v) is 14.1. The molecule has 0 nitrogen and oxygen atoms in total. The summed E-state index contributed by atoms with van der Waals surface area (Å²) in [4.78, 5) is 0. The van der Waals surface area contributed by atoms with Crippen LogP contribution in [0.3, 0.4) is 0 Å². The summed E-state index contributed by atoms with van der Waals surface area (Å²) < 4.78 is 28.0. The van der Waals surface area contributed by atoms with Gasteiger partial charge in [-0.15, -0.1) is 0 Å². The Balaban J connectivity index is 2.19. The number of hydrogen-bond acceptors (Lipinski definition) is 0. The van der Waals surface area contributed by atoms with E-state index in [0.717, 1.165) is 18.4 Å². The van der Waals surface area contributed by atoms with Crippen LogP contribution in [0.5, 0.6) is 0 Å². The maximum atomic E-state index is 14.3. The Kier molecular flexibility index (Phi) is 4.27. The topological polar surface area (TPSA) is 0 Å². The quantitative estimate of drug-likeness (QED) is 0.607. The minimum atomic E-state index is -0.391. The zero-order chi connectivity index (χ0) is 16.6. The van der Waals surface area contributed by atoms with E-state index in [0.29, 0.717) is 11.5 Å². The van der Waals surface area contributed by atoms with Gasteiger partial charge in [0.25, 0.3) is 0 Å². The van der Waals surface area contributed by atoms with Crippen LogP contribution in [0.1, 0.15) is 57.1 Å². The molecule has 0 bridgehead atoms. The van der Waals surface area contributed by atoms with Crippen LogP contribution in [-0.2, 0) is 6.42 Å². The molecule has 0 unspecified atom stereocenters. The maximum absolute atomic E-state index is 14.3. The fraction of sp³-hybridized carbons (Fsp3) is 0.429. The second-order valence-corrected chi connectivity index (χ2v) is 7.33. The first-order valence-electron chi connectivity index (χ1n) is 8.50. The smallest absolute Gasteiger partial charge is 0.131 e. The molecule has 0 radical (unpaired) electrons. The lowest BCUT2D eigenvalue weighted by atomic mass is 9.75. The first-order valence-corrected chi connectivity index (χ1v) is 8.50. The number of benzene rings is 2. The van der Waals surface area contributed by atoms with Crippen LogP contribution in [0.2, 0.25) is 0 Å². The van der Waals surface area contributed by atoms with Crippen LogP contribution in [-0.4, -0.2) is 0 Å². The Morgan fingerprint density at radius 1 is 1.04 bits per heavy atom. The molecule has 1 saturated carbocycles. The molecule has 0 heterocycles. The van der Waals surface area contributed by atoms with E-state index in [1.54, 1.807) is 0 Å². The summed E-state index contributed by atoms with van der Waals surface area (Å²) >= 11 is 0. The summed E-state index contributed by atoms with van der Waals surface area (Å²) in [5.41, 5.74) is 3.86. The van der Waals surface area contributed by atoms with Crippen LogP contribution in [0.25, 0.3) is 11.1 Å². The molecule has 1 atom stereocenters. The molecule has 2 aromatic carbocycles. The Bertz CT molecular complexity index is 716. The predicted molar refractivity (Wildman–Crippen MR) is 91.5 cm³/mol. The van der Waals surface area contributed by atoms with Crippen molar-refractivity contribution >= 4 is 0 Å². The van der Waals surface area contributed by atoms with Gasteiger partial charge in [0.15, 0.2) is 0 Å². The molecule has 0 N–H and O–H groups in total. The SMILES string of the molecule is CCc1ccc(-c2cc(F)ccc2F)c([C@@H]2CCCC2(C)C)c1. The van der Waals surface area contributed by atoms with E-state index < -0.39 is 5.82 Å². The molecule has 2 aromatic rings. The highest BCUT2D eigenvalue weighted by molar-refractivity contribution is 5.69. The van der Waals surface area contributed by atoms with E-state index in [-0.39, 0.29) is 11.2 Å². The molecule has 0 aromatic heterocycles. The van der Waals surface area contributed by atoms with E-state index in [4.69, 9.17) is 0 Å². The van der Waals surface area contributed by atoms with Crippen LogP contribution in [0, 0.1) is 17.0 Å². The van der Waals surface area contributed by atoms with Gasteiger partial charge in [-0.3, -0.25) is 0 Å². The van der Waals surface area contributed by atoms with E-state index in [9.17, 15) is 8.78 Å². The summed E-state index contributed by atoms with van der Waals surface area (Å²) in [5.74, 6) is -0.350. The fourth-order valence-electron chi connectivity index (χ4n) is 3.97. The molecule has 0 aliphatic heterocycles. The van der Waals surface area contributed by atoms with Crippen LogP contribution in [0.15, 0.2) is 36.4 Å². The molecule has 23 heavy (non-hydrogen) atoms. The van der Waals surface area contributed by atoms with Gasteiger partial charge in [0.05, 0.1) is 0 Å². The molecular weight excluding hydrogens is 290 g/mol. The molecular formula is C21H24F2. The Hall–Kier alpha value is -1.70. The van der Waals surface area contributed by atoms with Gasteiger partial charge in [0.1, 0.15) is 11.6 Å². The van der Waals surface area contributed by atoms with Gasteiger partial charge in [-0.1, -0.05) is 45.4 Å². The molecule has 0 saturated heterocycles. The van der Waals surface area contributed by atoms with Crippen LogP contribution < -0.4 is 0 Å². The van der Waals surface area contributed by atoms with E-state index in [1.165, 1.54) is 42.2 Å². The third-order valence-corrected chi connectivity index (χ3v) is 5.38. The second kappa shape index (κ2) is 6.07. The molecule has 0 spiro atoms. The van der Waals surface area contributed by atoms with Crippen molar-refractivity contribution in [2.24, 2.45) is 5.41 Å². The Labute approximate surface area is 137 Å². The van der Waals surface area contributed by atoms with E-state index in [2.05, 4.69) is 26.8 Å². The second-order valence-electron chi connectivity index (χ2n) is 7.33. The highest BCUT2D eigenvalue weighted by atomic mass is 19.1. The van der Waals surface area contributed by atoms with Gasteiger partial charge in [-0.2, -0.15) is 0 Å². The lowest BCUT2D eigenvalue weighted by molar-refractivity contribution is 0.332.